The van der Waals surface area contributed by atoms with Crippen LogP contribution in [0.25, 0.3) is 11.0 Å². The highest BCUT2D eigenvalue weighted by Crippen LogP contribution is 2.18. The molecule has 0 bridgehead atoms. The number of aryl methyl sites for hydroxylation is 2. The van der Waals surface area contributed by atoms with E-state index < -0.39 is 0 Å². The molecule has 0 spiro atoms. The number of H-pyrrole nitrogens is 2. The Morgan fingerprint density at radius 2 is 2.20 bits per heavy atom. The fourth-order valence-corrected chi connectivity index (χ4v) is 3.31. The lowest BCUT2D eigenvalue weighted by molar-refractivity contribution is -0.121. The van der Waals surface area contributed by atoms with Crippen LogP contribution in [-0.2, 0) is 24.1 Å². The Hall–Kier alpha value is -2.96. The fraction of sp³-hybridized carbons (Fsp3) is 0.333. The molecule has 1 amide bonds. The van der Waals surface area contributed by atoms with Crippen molar-refractivity contribution in [1.29, 1.82) is 0 Å². The largest absolute Gasteiger partial charge is 0.353 e. The van der Waals surface area contributed by atoms with E-state index in [1.54, 1.807) is 0 Å². The van der Waals surface area contributed by atoms with Gasteiger partial charge in [-0.2, -0.15) is 5.10 Å². The van der Waals surface area contributed by atoms with Gasteiger partial charge in [0.15, 0.2) is 0 Å². The first-order chi connectivity index (χ1) is 12.2. The predicted molar refractivity (Wildman–Crippen MR) is 93.2 cm³/mol. The highest BCUT2D eigenvalue weighted by molar-refractivity contribution is 5.77. The molecular formula is C18H19N5O2. The number of para-hydroxylation sites is 2. The number of hydrogen-bond acceptors (Lipinski definition) is 4. The minimum absolute atomic E-state index is 0.0497. The molecule has 0 saturated carbocycles. The summed E-state index contributed by atoms with van der Waals surface area (Å²) in [5.74, 6) is -0.0497. The second-order valence-electron chi connectivity index (χ2n) is 6.41. The molecular weight excluding hydrogens is 318 g/mol. The molecule has 1 aromatic carbocycles. The summed E-state index contributed by atoms with van der Waals surface area (Å²) in [6.45, 7) is 0. The van der Waals surface area contributed by atoms with Gasteiger partial charge in [0.1, 0.15) is 5.69 Å². The molecule has 0 fully saturated rings. The number of nitrogens with zero attached hydrogens (tertiary/aromatic N) is 2. The SMILES string of the molecule is O=C(CCc1nc2ccccc2[nH]c1=O)N[C@H]1CCc2[nH]ncc2C1. The lowest BCUT2D eigenvalue weighted by Gasteiger charge is -2.22. The Morgan fingerprint density at radius 3 is 3.12 bits per heavy atom. The number of fused-ring (bicyclic) bond motifs is 2. The third-order valence-electron chi connectivity index (χ3n) is 4.64. The Morgan fingerprint density at radius 1 is 1.32 bits per heavy atom. The van der Waals surface area contributed by atoms with Gasteiger partial charge in [-0.3, -0.25) is 14.7 Å². The second-order valence-corrected chi connectivity index (χ2v) is 6.41. The van der Waals surface area contributed by atoms with Gasteiger partial charge in [0.2, 0.25) is 5.91 Å². The molecule has 1 aliphatic rings. The highest BCUT2D eigenvalue weighted by atomic mass is 16.1. The van der Waals surface area contributed by atoms with E-state index in [9.17, 15) is 9.59 Å². The van der Waals surface area contributed by atoms with Crippen LogP contribution in [0.15, 0.2) is 35.3 Å². The minimum atomic E-state index is -0.229. The van der Waals surface area contributed by atoms with Crippen LogP contribution in [0.5, 0.6) is 0 Å². The number of hydrogen-bond donors (Lipinski definition) is 3. The van der Waals surface area contributed by atoms with Crippen LogP contribution in [0.2, 0.25) is 0 Å². The molecule has 0 unspecified atom stereocenters. The van der Waals surface area contributed by atoms with Gasteiger partial charge in [0.25, 0.3) is 5.56 Å². The first-order valence-corrected chi connectivity index (χ1v) is 8.47. The first kappa shape index (κ1) is 15.6. The number of carbonyl (C=O) groups excluding carboxylic acids is 1. The molecule has 128 valence electrons. The molecule has 3 aromatic rings. The topological polar surface area (TPSA) is 104 Å². The van der Waals surface area contributed by atoms with E-state index >= 15 is 0 Å². The third kappa shape index (κ3) is 3.31. The lowest BCUT2D eigenvalue weighted by Crippen LogP contribution is -2.39. The molecule has 3 N–H and O–H groups in total. The first-order valence-electron chi connectivity index (χ1n) is 8.47. The summed E-state index contributed by atoms with van der Waals surface area (Å²) in [5, 5.41) is 10.1. The smallest absolute Gasteiger partial charge is 0.270 e. The summed E-state index contributed by atoms with van der Waals surface area (Å²) in [4.78, 5) is 31.5. The molecule has 0 saturated heterocycles. The van der Waals surface area contributed by atoms with Crippen molar-refractivity contribution in [2.45, 2.75) is 38.1 Å². The summed E-state index contributed by atoms with van der Waals surface area (Å²) in [5.41, 5.74) is 3.94. The minimum Gasteiger partial charge on any atom is -0.353 e. The molecule has 25 heavy (non-hydrogen) atoms. The van der Waals surface area contributed by atoms with Crippen molar-refractivity contribution in [2.24, 2.45) is 0 Å². The van der Waals surface area contributed by atoms with Gasteiger partial charge in [-0.05, 0) is 37.0 Å². The Kier molecular flexibility index (Phi) is 4.05. The molecule has 1 atom stereocenters. The van der Waals surface area contributed by atoms with E-state index in [-0.39, 0.29) is 23.9 Å². The number of aromatic amines is 2. The predicted octanol–water partition coefficient (Wildman–Crippen LogP) is 1.25. The van der Waals surface area contributed by atoms with Gasteiger partial charge in [-0.15, -0.1) is 0 Å². The van der Waals surface area contributed by atoms with Crippen molar-refractivity contribution in [1.82, 2.24) is 25.5 Å². The lowest BCUT2D eigenvalue weighted by atomic mass is 9.93. The van der Waals surface area contributed by atoms with Gasteiger partial charge < -0.3 is 10.3 Å². The number of rotatable bonds is 4. The van der Waals surface area contributed by atoms with Gasteiger partial charge in [-0.1, -0.05) is 12.1 Å². The van der Waals surface area contributed by atoms with Gasteiger partial charge in [0, 0.05) is 24.6 Å². The molecule has 4 rings (SSSR count). The summed E-state index contributed by atoms with van der Waals surface area (Å²) < 4.78 is 0. The van der Waals surface area contributed by atoms with Crippen LogP contribution >= 0.6 is 0 Å². The molecule has 2 heterocycles. The number of aromatic nitrogens is 4. The monoisotopic (exact) mass is 337 g/mol. The maximum atomic E-state index is 12.2. The van der Waals surface area contributed by atoms with Crippen LogP contribution < -0.4 is 10.9 Å². The van der Waals surface area contributed by atoms with E-state index in [1.165, 1.54) is 5.56 Å². The number of nitrogens with one attached hydrogen (secondary N) is 3. The second kappa shape index (κ2) is 6.51. The Labute approximate surface area is 143 Å². The number of amides is 1. The summed E-state index contributed by atoms with van der Waals surface area (Å²) >= 11 is 0. The van der Waals surface area contributed by atoms with Gasteiger partial charge in [-0.25, -0.2) is 4.98 Å². The van der Waals surface area contributed by atoms with Crippen LogP contribution in [-0.4, -0.2) is 32.1 Å². The average molecular weight is 337 g/mol. The van der Waals surface area contributed by atoms with Crippen molar-refractivity contribution in [3.05, 3.63) is 57.8 Å². The number of benzene rings is 1. The Bertz CT molecular complexity index is 975. The average Bonchev–Trinajstić information content (AvgIpc) is 3.07. The van der Waals surface area contributed by atoms with Crippen molar-refractivity contribution >= 4 is 16.9 Å². The zero-order valence-corrected chi connectivity index (χ0v) is 13.7. The summed E-state index contributed by atoms with van der Waals surface area (Å²) in [6.07, 6.45) is 5.00. The molecule has 7 heteroatoms. The van der Waals surface area contributed by atoms with Crippen molar-refractivity contribution in [2.75, 3.05) is 0 Å². The van der Waals surface area contributed by atoms with E-state index in [1.807, 2.05) is 30.5 Å². The maximum absolute atomic E-state index is 12.2. The quantitative estimate of drug-likeness (QED) is 0.666. The van der Waals surface area contributed by atoms with Crippen molar-refractivity contribution in [3.63, 3.8) is 0 Å². The van der Waals surface area contributed by atoms with Crippen molar-refractivity contribution < 1.29 is 4.79 Å². The van der Waals surface area contributed by atoms with E-state index in [0.717, 1.165) is 30.5 Å². The summed E-state index contributed by atoms with van der Waals surface area (Å²) in [6, 6.07) is 7.51. The standard InChI is InChI=1S/C18H19N5O2/c24-17(20-12-5-6-13-11(9-12)10-19-23-13)8-7-16-18(25)22-15-4-2-1-3-14(15)21-16/h1-4,10,12H,5-9H2,(H,19,23)(H,20,24)(H,22,25)/t12-/m0/s1. The molecule has 2 aromatic heterocycles. The molecule has 7 nitrogen and oxygen atoms in total. The zero-order chi connectivity index (χ0) is 17.2. The molecule has 0 radical (unpaired) electrons. The van der Waals surface area contributed by atoms with E-state index in [0.29, 0.717) is 17.6 Å². The highest BCUT2D eigenvalue weighted by Gasteiger charge is 2.21. The van der Waals surface area contributed by atoms with Crippen LogP contribution in [0.1, 0.15) is 29.8 Å². The maximum Gasteiger partial charge on any atom is 0.270 e. The zero-order valence-electron chi connectivity index (χ0n) is 13.7. The molecule has 1 aliphatic carbocycles. The molecule has 0 aliphatic heterocycles. The van der Waals surface area contributed by atoms with E-state index in [4.69, 9.17) is 0 Å². The third-order valence-corrected chi connectivity index (χ3v) is 4.64. The summed E-state index contributed by atoms with van der Waals surface area (Å²) in [7, 11) is 0. The van der Waals surface area contributed by atoms with Crippen LogP contribution in [0.4, 0.5) is 0 Å². The van der Waals surface area contributed by atoms with Gasteiger partial charge in [0.05, 0.1) is 17.2 Å². The van der Waals surface area contributed by atoms with Crippen molar-refractivity contribution in [3.8, 4) is 0 Å². The normalized spacial score (nSPS) is 16.6. The fourth-order valence-electron chi connectivity index (χ4n) is 3.31. The van der Waals surface area contributed by atoms with E-state index in [2.05, 4.69) is 25.5 Å². The number of carbonyl (C=O) groups is 1. The van der Waals surface area contributed by atoms with Crippen LogP contribution in [0, 0.1) is 0 Å². The van der Waals surface area contributed by atoms with Gasteiger partial charge >= 0.3 is 0 Å². The van der Waals surface area contributed by atoms with Crippen LogP contribution in [0.3, 0.4) is 0 Å². The Balaban J connectivity index is 1.38.